The summed E-state index contributed by atoms with van der Waals surface area (Å²) in [6.45, 7) is 5.75. The summed E-state index contributed by atoms with van der Waals surface area (Å²) in [4.78, 5) is 11.3. The number of ether oxygens (including phenoxy) is 1. The number of carbonyl (C=O) groups excluding carboxylic acids is 1. The molecule has 1 aliphatic carbocycles. The first-order valence-electron chi connectivity index (χ1n) is 4.37. The molecule has 1 fully saturated rings. The van der Waals surface area contributed by atoms with Crippen LogP contribution in [-0.2, 0) is 9.53 Å². The van der Waals surface area contributed by atoms with Crippen LogP contribution >= 0.6 is 0 Å². The number of esters is 1. The van der Waals surface area contributed by atoms with Crippen LogP contribution in [0.25, 0.3) is 0 Å². The predicted molar refractivity (Wildman–Crippen MR) is 52.1 cm³/mol. The van der Waals surface area contributed by atoms with Crippen molar-refractivity contribution in [2.75, 3.05) is 0 Å². The van der Waals surface area contributed by atoms with Gasteiger partial charge in [0.1, 0.15) is 21.3 Å². The fourth-order valence-corrected chi connectivity index (χ4v) is 1.31. The topological polar surface area (TPSA) is 58.6 Å². The van der Waals surface area contributed by atoms with Crippen molar-refractivity contribution < 1.29 is 14.7 Å². The summed E-state index contributed by atoms with van der Waals surface area (Å²) in [5.74, 6) is -0.868. The maximum atomic E-state index is 11.3. The second kappa shape index (κ2) is 3.00. The SMILES string of the molecule is [B]C([B])(NO)C(=O)OC1(C)CC1(C)C. The number of rotatable bonds is 3. The summed E-state index contributed by atoms with van der Waals surface area (Å²) in [5.41, 5.74) is 0.902. The Balaban J connectivity index is 2.60. The third-order valence-corrected chi connectivity index (χ3v) is 2.93. The van der Waals surface area contributed by atoms with E-state index in [9.17, 15) is 4.79 Å². The van der Waals surface area contributed by atoms with Crippen molar-refractivity contribution in [2.45, 2.75) is 38.1 Å². The van der Waals surface area contributed by atoms with Crippen molar-refractivity contribution in [2.24, 2.45) is 5.41 Å². The van der Waals surface area contributed by atoms with Crippen LogP contribution in [0.5, 0.6) is 0 Å². The first-order chi connectivity index (χ1) is 6.15. The van der Waals surface area contributed by atoms with Gasteiger partial charge in [-0.3, -0.25) is 4.79 Å². The van der Waals surface area contributed by atoms with E-state index in [1.54, 1.807) is 6.92 Å². The van der Waals surface area contributed by atoms with Crippen molar-refractivity contribution in [3.05, 3.63) is 0 Å². The van der Waals surface area contributed by atoms with Crippen LogP contribution < -0.4 is 5.48 Å². The van der Waals surface area contributed by atoms with Crippen LogP contribution in [0.3, 0.4) is 0 Å². The van der Waals surface area contributed by atoms with Gasteiger partial charge in [0.25, 0.3) is 0 Å². The van der Waals surface area contributed by atoms with Gasteiger partial charge in [-0.2, -0.15) is 0 Å². The molecule has 0 saturated heterocycles. The van der Waals surface area contributed by atoms with E-state index in [2.05, 4.69) is 0 Å². The normalized spacial score (nSPS) is 29.7. The zero-order valence-corrected chi connectivity index (χ0v) is 8.63. The second-order valence-electron chi connectivity index (χ2n) is 4.66. The first-order valence-corrected chi connectivity index (χ1v) is 4.37. The summed E-state index contributed by atoms with van der Waals surface area (Å²) in [6.07, 6.45) is 0.757. The van der Waals surface area contributed by atoms with Crippen LogP contribution in [0.2, 0.25) is 0 Å². The Hall–Kier alpha value is -0.480. The zero-order valence-electron chi connectivity index (χ0n) is 8.63. The molecule has 0 heterocycles. The van der Waals surface area contributed by atoms with Crippen molar-refractivity contribution in [1.29, 1.82) is 0 Å². The van der Waals surface area contributed by atoms with Gasteiger partial charge in [0, 0.05) is 5.41 Å². The highest BCUT2D eigenvalue weighted by Crippen LogP contribution is 2.58. The Morgan fingerprint density at radius 2 is 1.93 bits per heavy atom. The van der Waals surface area contributed by atoms with Gasteiger partial charge in [0.05, 0.1) is 5.34 Å². The molecule has 1 atom stereocenters. The van der Waals surface area contributed by atoms with E-state index in [-0.39, 0.29) is 5.41 Å². The summed E-state index contributed by atoms with van der Waals surface area (Å²) < 4.78 is 5.11. The smallest absolute Gasteiger partial charge is 0.310 e. The van der Waals surface area contributed by atoms with E-state index in [0.29, 0.717) is 0 Å². The predicted octanol–water partition coefficient (Wildman–Crippen LogP) is -0.312. The average molecular weight is 193 g/mol. The zero-order chi connectivity index (χ0) is 11.2. The minimum atomic E-state index is -2.04. The molecule has 0 bridgehead atoms. The van der Waals surface area contributed by atoms with Gasteiger partial charge in [-0.25, -0.2) is 5.48 Å². The molecule has 4 nitrogen and oxygen atoms in total. The second-order valence-corrected chi connectivity index (χ2v) is 4.66. The van der Waals surface area contributed by atoms with Crippen molar-refractivity contribution in [3.8, 4) is 0 Å². The monoisotopic (exact) mass is 193 g/mol. The van der Waals surface area contributed by atoms with E-state index in [1.807, 2.05) is 13.8 Å². The standard InChI is InChI=1S/C8H13B2NO3/c1-6(2)4-7(6,3)14-5(12)8(9,10)11-13/h11,13H,4H2,1-3H3. The summed E-state index contributed by atoms with van der Waals surface area (Å²) in [5, 5.41) is 6.47. The molecule has 1 saturated carbocycles. The molecule has 0 aromatic carbocycles. The maximum absolute atomic E-state index is 11.3. The molecule has 0 amide bonds. The molecule has 74 valence electrons. The largest absolute Gasteiger partial charge is 0.458 e. The first kappa shape index (κ1) is 11.6. The highest BCUT2D eigenvalue weighted by Gasteiger charge is 2.61. The fourth-order valence-electron chi connectivity index (χ4n) is 1.31. The highest BCUT2D eigenvalue weighted by atomic mass is 16.6. The van der Waals surface area contributed by atoms with Gasteiger partial charge in [-0.15, -0.1) is 0 Å². The lowest BCUT2D eigenvalue weighted by Gasteiger charge is -2.25. The molecule has 6 heteroatoms. The average Bonchev–Trinajstić information content (AvgIpc) is 2.50. The molecular weight excluding hydrogens is 180 g/mol. The van der Waals surface area contributed by atoms with Gasteiger partial charge in [-0.1, -0.05) is 13.8 Å². The lowest BCUT2D eigenvalue weighted by Crippen LogP contribution is -2.54. The molecule has 1 aliphatic rings. The molecular formula is C8H13B2NO3. The molecule has 14 heavy (non-hydrogen) atoms. The number of hydrogen-bond donors (Lipinski definition) is 2. The van der Waals surface area contributed by atoms with Crippen molar-refractivity contribution >= 4 is 21.7 Å². The molecule has 1 rings (SSSR count). The number of hydrogen-bond acceptors (Lipinski definition) is 4. The maximum Gasteiger partial charge on any atom is 0.310 e. The molecule has 4 radical (unpaired) electrons. The minimum Gasteiger partial charge on any atom is -0.458 e. The van der Waals surface area contributed by atoms with Crippen LogP contribution in [0.4, 0.5) is 0 Å². The molecule has 1 unspecified atom stereocenters. The number of hydroxylamine groups is 1. The Morgan fingerprint density at radius 3 is 2.21 bits per heavy atom. The van der Waals surface area contributed by atoms with Gasteiger partial charge in [0.2, 0.25) is 0 Å². The molecule has 0 spiro atoms. The van der Waals surface area contributed by atoms with Gasteiger partial charge in [0.15, 0.2) is 0 Å². The number of carbonyl (C=O) groups is 1. The van der Waals surface area contributed by atoms with E-state index in [4.69, 9.17) is 25.6 Å². The molecule has 0 aliphatic heterocycles. The Kier molecular flexibility index (Phi) is 2.49. The van der Waals surface area contributed by atoms with Gasteiger partial charge >= 0.3 is 5.97 Å². The lowest BCUT2D eigenvalue weighted by atomic mass is 9.62. The quantitative estimate of drug-likeness (QED) is 0.366. The Bertz CT molecular complexity index is 267. The van der Waals surface area contributed by atoms with Crippen molar-refractivity contribution in [3.63, 3.8) is 0 Å². The van der Waals surface area contributed by atoms with Crippen LogP contribution in [0, 0.1) is 5.41 Å². The minimum absolute atomic E-state index is 0.0613. The van der Waals surface area contributed by atoms with E-state index in [1.165, 1.54) is 5.48 Å². The number of nitrogens with one attached hydrogen (secondary N) is 1. The van der Waals surface area contributed by atoms with E-state index >= 15 is 0 Å². The third-order valence-electron chi connectivity index (χ3n) is 2.93. The van der Waals surface area contributed by atoms with Gasteiger partial charge in [-0.05, 0) is 13.3 Å². The summed E-state index contributed by atoms with van der Waals surface area (Å²) in [6, 6.07) is 0. The van der Waals surface area contributed by atoms with Crippen LogP contribution in [0.15, 0.2) is 0 Å². The van der Waals surface area contributed by atoms with Crippen molar-refractivity contribution in [1.82, 2.24) is 5.48 Å². The third kappa shape index (κ3) is 1.81. The van der Waals surface area contributed by atoms with Crippen LogP contribution in [-0.4, -0.2) is 37.8 Å². The molecule has 0 aromatic rings. The van der Waals surface area contributed by atoms with Gasteiger partial charge < -0.3 is 9.94 Å². The highest BCUT2D eigenvalue weighted by molar-refractivity contribution is 6.50. The summed E-state index contributed by atoms with van der Waals surface area (Å²) >= 11 is 0. The Labute approximate surface area is 86.2 Å². The van der Waals surface area contributed by atoms with E-state index in [0.717, 1.165) is 6.42 Å². The fraction of sp³-hybridized carbons (Fsp3) is 0.875. The lowest BCUT2D eigenvalue weighted by molar-refractivity contribution is -0.156. The molecule has 2 N–H and O–H groups in total. The Morgan fingerprint density at radius 1 is 1.50 bits per heavy atom. The molecule has 0 aromatic heterocycles. The van der Waals surface area contributed by atoms with Crippen LogP contribution in [0.1, 0.15) is 27.2 Å². The van der Waals surface area contributed by atoms with E-state index < -0.39 is 16.9 Å². The summed E-state index contributed by atoms with van der Waals surface area (Å²) in [7, 11) is 10.5.